The van der Waals surface area contributed by atoms with Gasteiger partial charge in [0.2, 0.25) is 0 Å². The normalized spacial score (nSPS) is 14.5. The Labute approximate surface area is 220 Å². The number of benzene rings is 3. The molecule has 0 radical (unpaired) electrons. The number of fused-ring (bicyclic) bond motifs is 1. The number of piperazine rings is 1. The smallest absolute Gasteiger partial charge is 0.290 e. The lowest BCUT2D eigenvalue weighted by Crippen LogP contribution is -2.50. The molecule has 4 rings (SSSR count). The summed E-state index contributed by atoms with van der Waals surface area (Å²) in [5.74, 6) is -0.119. The van der Waals surface area contributed by atoms with Gasteiger partial charge in [0.05, 0.1) is 12.8 Å². The number of nitrogens with one attached hydrogen (secondary N) is 2. The minimum absolute atomic E-state index is 0.119. The van der Waals surface area contributed by atoms with E-state index in [1.807, 2.05) is 24.3 Å². The first-order valence-electron chi connectivity index (χ1n) is 11.0. The standard InChI is InChI=1S/C23H24Cl2N4O.CH4O2.CH2O2/c1-28-9-11-29(12-10-28)22(21-8-4-6-16-5-2-3-7-20(16)21)23(30)27-26-19-14-17(24)13-18(25)15-19;1-3-2;2-1-3/h2-8,13-15,22,26H,9-12H2,1H3,(H,27,30);2H,1H3;1H,(H,2,3). The Balaban J connectivity index is 0.000000693. The van der Waals surface area contributed by atoms with Crippen molar-refractivity contribution < 1.29 is 24.8 Å². The van der Waals surface area contributed by atoms with Crippen LogP contribution in [0.25, 0.3) is 10.8 Å². The molecule has 0 spiro atoms. The first-order chi connectivity index (χ1) is 17.3. The molecule has 1 aliphatic heterocycles. The summed E-state index contributed by atoms with van der Waals surface area (Å²) in [6.07, 6.45) is 0. The Morgan fingerprint density at radius 1 is 1.03 bits per heavy atom. The number of likely N-dealkylation sites (N-methyl/N-ethyl adjacent to an activating group) is 1. The number of hydrogen-bond donors (Lipinski definition) is 4. The second-order valence-corrected chi connectivity index (χ2v) is 8.74. The second kappa shape index (κ2) is 15.2. The highest BCUT2D eigenvalue weighted by molar-refractivity contribution is 6.35. The number of anilines is 1. The molecule has 1 amide bonds. The summed E-state index contributed by atoms with van der Waals surface area (Å²) in [5, 5.41) is 17.2. The number of hydrazine groups is 1. The molecule has 36 heavy (non-hydrogen) atoms. The van der Waals surface area contributed by atoms with Crippen LogP contribution < -0.4 is 10.9 Å². The van der Waals surface area contributed by atoms with Gasteiger partial charge in [0.15, 0.2) is 0 Å². The van der Waals surface area contributed by atoms with E-state index >= 15 is 0 Å². The van der Waals surface area contributed by atoms with Crippen LogP contribution in [-0.4, -0.2) is 72.9 Å². The van der Waals surface area contributed by atoms with E-state index < -0.39 is 6.04 Å². The van der Waals surface area contributed by atoms with Gasteiger partial charge in [0.25, 0.3) is 12.4 Å². The van der Waals surface area contributed by atoms with E-state index in [0.717, 1.165) is 42.5 Å². The molecule has 1 heterocycles. The van der Waals surface area contributed by atoms with Gasteiger partial charge in [-0.15, -0.1) is 0 Å². The van der Waals surface area contributed by atoms with Gasteiger partial charge in [-0.2, -0.15) is 0 Å². The van der Waals surface area contributed by atoms with E-state index in [1.54, 1.807) is 18.2 Å². The number of rotatable bonds is 5. The molecule has 0 aromatic heterocycles. The minimum atomic E-state index is -0.410. The first kappa shape index (κ1) is 29.3. The maximum Gasteiger partial charge on any atom is 0.290 e. The fourth-order valence-electron chi connectivity index (χ4n) is 3.90. The summed E-state index contributed by atoms with van der Waals surface area (Å²) >= 11 is 12.1. The monoisotopic (exact) mass is 536 g/mol. The third-order valence-electron chi connectivity index (χ3n) is 5.46. The van der Waals surface area contributed by atoms with Gasteiger partial charge in [-0.1, -0.05) is 65.7 Å². The quantitative estimate of drug-likeness (QED) is 0.215. The molecule has 0 saturated carbocycles. The molecule has 194 valence electrons. The Morgan fingerprint density at radius 3 is 2.19 bits per heavy atom. The van der Waals surface area contributed by atoms with Crippen molar-refractivity contribution in [3.8, 4) is 0 Å². The lowest BCUT2D eigenvalue weighted by atomic mass is 9.96. The largest absolute Gasteiger partial charge is 0.483 e. The number of carbonyl (C=O) groups is 2. The molecule has 4 N–H and O–H groups in total. The first-order valence-corrected chi connectivity index (χ1v) is 11.8. The summed E-state index contributed by atoms with van der Waals surface area (Å²) in [4.78, 5) is 29.5. The van der Waals surface area contributed by atoms with Gasteiger partial charge in [0.1, 0.15) is 6.04 Å². The van der Waals surface area contributed by atoms with Crippen molar-refractivity contribution in [2.75, 3.05) is 45.8 Å². The lowest BCUT2D eigenvalue weighted by molar-refractivity contribution is -0.214. The minimum Gasteiger partial charge on any atom is -0.483 e. The average molecular weight is 537 g/mol. The highest BCUT2D eigenvalue weighted by Crippen LogP contribution is 2.30. The van der Waals surface area contributed by atoms with E-state index in [9.17, 15) is 4.79 Å². The number of nitrogens with zero attached hydrogens (tertiary/aromatic N) is 2. The number of carboxylic acid groups (broad SMARTS) is 1. The van der Waals surface area contributed by atoms with Crippen molar-refractivity contribution in [3.63, 3.8) is 0 Å². The number of carbonyl (C=O) groups excluding carboxylic acids is 1. The van der Waals surface area contributed by atoms with Crippen LogP contribution in [0.1, 0.15) is 11.6 Å². The molecule has 1 fully saturated rings. The van der Waals surface area contributed by atoms with Crippen molar-refractivity contribution >= 4 is 52.0 Å². The van der Waals surface area contributed by atoms with Crippen LogP contribution in [0.5, 0.6) is 0 Å². The Kier molecular flexibility index (Phi) is 12.4. The molecule has 11 heteroatoms. The molecule has 1 aliphatic rings. The molecule has 0 bridgehead atoms. The van der Waals surface area contributed by atoms with Gasteiger partial charge in [-0.3, -0.25) is 30.6 Å². The predicted octanol–water partition coefficient (Wildman–Crippen LogP) is 4.39. The van der Waals surface area contributed by atoms with Crippen molar-refractivity contribution in [3.05, 3.63) is 76.3 Å². The third kappa shape index (κ3) is 8.63. The molecule has 1 atom stereocenters. The van der Waals surface area contributed by atoms with Gasteiger partial charge in [0, 0.05) is 36.2 Å². The van der Waals surface area contributed by atoms with E-state index in [4.69, 9.17) is 38.4 Å². The van der Waals surface area contributed by atoms with E-state index in [-0.39, 0.29) is 12.4 Å². The van der Waals surface area contributed by atoms with Crippen LogP contribution in [0.2, 0.25) is 10.0 Å². The van der Waals surface area contributed by atoms with Gasteiger partial charge in [-0.25, -0.2) is 4.89 Å². The highest BCUT2D eigenvalue weighted by Gasteiger charge is 2.31. The lowest BCUT2D eigenvalue weighted by Gasteiger charge is -2.37. The van der Waals surface area contributed by atoms with Gasteiger partial charge >= 0.3 is 0 Å². The molecule has 9 nitrogen and oxygen atoms in total. The van der Waals surface area contributed by atoms with Crippen LogP contribution in [0, 0.1) is 0 Å². The van der Waals surface area contributed by atoms with Crippen molar-refractivity contribution in [2.45, 2.75) is 6.04 Å². The van der Waals surface area contributed by atoms with Crippen LogP contribution >= 0.6 is 23.2 Å². The number of amides is 1. The van der Waals surface area contributed by atoms with Crippen molar-refractivity contribution in [1.29, 1.82) is 0 Å². The average Bonchev–Trinajstić information content (AvgIpc) is 2.85. The van der Waals surface area contributed by atoms with Crippen molar-refractivity contribution in [1.82, 2.24) is 15.2 Å². The van der Waals surface area contributed by atoms with Crippen LogP contribution in [-0.2, 0) is 14.5 Å². The molecule has 3 aromatic carbocycles. The zero-order valence-corrected chi connectivity index (χ0v) is 21.5. The maximum atomic E-state index is 13.4. The Morgan fingerprint density at radius 2 is 1.58 bits per heavy atom. The molecule has 1 saturated heterocycles. The number of hydrogen-bond acceptors (Lipinski definition) is 7. The summed E-state index contributed by atoms with van der Waals surface area (Å²) < 4.78 is 0. The Bertz CT molecular complexity index is 1100. The maximum absolute atomic E-state index is 13.4. The molecular weight excluding hydrogens is 507 g/mol. The number of halogens is 2. The second-order valence-electron chi connectivity index (χ2n) is 7.87. The van der Waals surface area contributed by atoms with Crippen LogP contribution in [0.3, 0.4) is 0 Å². The summed E-state index contributed by atoms with van der Waals surface area (Å²) in [6, 6.07) is 19.0. The van der Waals surface area contributed by atoms with Crippen LogP contribution in [0.15, 0.2) is 60.7 Å². The summed E-state index contributed by atoms with van der Waals surface area (Å²) in [5.41, 5.74) is 7.47. The van der Waals surface area contributed by atoms with Gasteiger partial charge in [-0.05, 0) is 41.6 Å². The van der Waals surface area contributed by atoms with Gasteiger partial charge < -0.3 is 10.0 Å². The zero-order valence-electron chi connectivity index (χ0n) is 20.0. The van der Waals surface area contributed by atoms with E-state index in [0.29, 0.717) is 15.7 Å². The fourth-order valence-corrected chi connectivity index (χ4v) is 4.43. The topological polar surface area (TPSA) is 114 Å². The summed E-state index contributed by atoms with van der Waals surface area (Å²) in [7, 11) is 3.29. The van der Waals surface area contributed by atoms with E-state index in [2.05, 4.69) is 50.8 Å². The van der Waals surface area contributed by atoms with Crippen LogP contribution in [0.4, 0.5) is 5.69 Å². The highest BCUT2D eigenvalue weighted by atomic mass is 35.5. The molecule has 0 aliphatic carbocycles. The molecule has 1 unspecified atom stereocenters. The predicted molar refractivity (Wildman–Crippen MR) is 142 cm³/mol. The molecule has 3 aromatic rings. The molecular formula is C25H30Cl2N4O5. The third-order valence-corrected chi connectivity index (χ3v) is 5.90. The SMILES string of the molecule is CN1CCN(C(C(=O)NNc2cc(Cl)cc(Cl)c2)c2cccc3ccccc23)CC1.COO.O=CO. The fraction of sp³-hybridized carbons (Fsp3) is 0.280. The van der Waals surface area contributed by atoms with Crippen molar-refractivity contribution in [2.24, 2.45) is 0 Å². The Hall–Kier alpha value is -2.92. The van der Waals surface area contributed by atoms with E-state index in [1.165, 1.54) is 7.11 Å². The summed E-state index contributed by atoms with van der Waals surface area (Å²) in [6.45, 7) is 3.24. The zero-order chi connectivity index (χ0) is 26.5.